The van der Waals surface area contributed by atoms with Crippen LogP contribution in [0.2, 0.25) is 0 Å². The molecule has 1 aliphatic heterocycles. The fourth-order valence-electron chi connectivity index (χ4n) is 3.09. The van der Waals surface area contributed by atoms with Crippen LogP contribution < -0.4 is 5.73 Å². The maximum absolute atomic E-state index is 12.7. The molecule has 6 heteroatoms. The summed E-state index contributed by atoms with van der Waals surface area (Å²) in [5.41, 5.74) is 7.16. The fourth-order valence-corrected chi connectivity index (χ4v) is 3.09. The second-order valence-corrected chi connectivity index (χ2v) is 6.00. The van der Waals surface area contributed by atoms with Gasteiger partial charge < -0.3 is 10.6 Å². The predicted octanol–water partition coefficient (Wildman–Crippen LogP) is 1.79. The van der Waals surface area contributed by atoms with E-state index < -0.39 is 5.91 Å². The highest BCUT2D eigenvalue weighted by Gasteiger charge is 2.32. The van der Waals surface area contributed by atoms with Crippen molar-refractivity contribution in [2.75, 3.05) is 6.54 Å². The van der Waals surface area contributed by atoms with E-state index in [1.54, 1.807) is 6.92 Å². The van der Waals surface area contributed by atoms with Crippen molar-refractivity contribution in [1.82, 2.24) is 14.9 Å². The third-order valence-electron chi connectivity index (χ3n) is 4.33. The number of rotatable bonds is 4. The monoisotopic (exact) mass is 324 g/mol. The number of carbonyl (C=O) groups is 2. The van der Waals surface area contributed by atoms with Crippen molar-refractivity contribution in [2.45, 2.75) is 32.2 Å². The number of nitrogens with zero attached hydrogens (tertiary/aromatic N) is 3. The lowest BCUT2D eigenvalue weighted by molar-refractivity contribution is -0.131. The van der Waals surface area contributed by atoms with Crippen LogP contribution in [0, 0.1) is 6.92 Å². The van der Waals surface area contributed by atoms with Crippen molar-refractivity contribution in [3.05, 3.63) is 59.2 Å². The number of primary amides is 1. The lowest BCUT2D eigenvalue weighted by atomic mass is 10.1. The van der Waals surface area contributed by atoms with E-state index in [0.717, 1.165) is 18.4 Å². The van der Waals surface area contributed by atoms with Crippen molar-refractivity contribution in [3.8, 4) is 0 Å². The molecule has 1 aromatic heterocycles. The average molecular weight is 324 g/mol. The average Bonchev–Trinajstić information content (AvgIpc) is 3.05. The molecule has 3 rings (SSSR count). The van der Waals surface area contributed by atoms with E-state index in [-0.39, 0.29) is 11.9 Å². The van der Waals surface area contributed by atoms with Gasteiger partial charge in [-0.05, 0) is 25.3 Å². The summed E-state index contributed by atoms with van der Waals surface area (Å²) in [7, 11) is 0. The van der Waals surface area contributed by atoms with Gasteiger partial charge in [0.15, 0.2) is 5.82 Å². The Morgan fingerprint density at radius 1 is 1.29 bits per heavy atom. The summed E-state index contributed by atoms with van der Waals surface area (Å²) in [6, 6.07) is 9.56. The largest absolute Gasteiger partial charge is 0.365 e. The number of hydrogen-bond donors (Lipinski definition) is 1. The first-order valence-electron chi connectivity index (χ1n) is 8.03. The van der Waals surface area contributed by atoms with E-state index in [4.69, 9.17) is 5.73 Å². The number of carbonyl (C=O) groups excluding carboxylic acids is 2. The van der Waals surface area contributed by atoms with Gasteiger partial charge in [0.1, 0.15) is 0 Å². The van der Waals surface area contributed by atoms with E-state index in [1.165, 1.54) is 6.20 Å². The van der Waals surface area contributed by atoms with Crippen LogP contribution in [0.3, 0.4) is 0 Å². The molecule has 2 N–H and O–H groups in total. The second-order valence-electron chi connectivity index (χ2n) is 6.00. The van der Waals surface area contributed by atoms with Crippen LogP contribution in [-0.4, -0.2) is 33.2 Å². The number of amides is 2. The standard InChI is InChI=1S/C18H20N4O2/c1-12-14(17(19)24)11-20-18(21-12)15-8-5-9-22(15)16(23)10-13-6-3-2-4-7-13/h2-4,6-7,11,15H,5,8-10H2,1H3,(H2,19,24). The van der Waals surface area contributed by atoms with Gasteiger partial charge in [-0.25, -0.2) is 9.97 Å². The number of aromatic nitrogens is 2. The van der Waals surface area contributed by atoms with E-state index in [0.29, 0.717) is 30.0 Å². The van der Waals surface area contributed by atoms with E-state index in [2.05, 4.69) is 9.97 Å². The fraction of sp³-hybridized carbons (Fsp3) is 0.333. The molecule has 2 amide bonds. The van der Waals surface area contributed by atoms with Gasteiger partial charge in [0.2, 0.25) is 5.91 Å². The van der Waals surface area contributed by atoms with Crippen LogP contribution in [0.4, 0.5) is 0 Å². The Morgan fingerprint density at radius 3 is 2.71 bits per heavy atom. The molecule has 1 saturated heterocycles. The van der Waals surface area contributed by atoms with E-state index in [9.17, 15) is 9.59 Å². The van der Waals surface area contributed by atoms with Gasteiger partial charge in [-0.1, -0.05) is 30.3 Å². The van der Waals surface area contributed by atoms with Gasteiger partial charge in [-0.2, -0.15) is 0 Å². The molecule has 124 valence electrons. The smallest absolute Gasteiger partial charge is 0.252 e. The minimum atomic E-state index is -0.539. The zero-order chi connectivity index (χ0) is 17.1. The number of likely N-dealkylation sites (tertiary alicyclic amines) is 1. The highest BCUT2D eigenvalue weighted by molar-refractivity contribution is 5.93. The SMILES string of the molecule is Cc1nc(C2CCCN2C(=O)Cc2ccccc2)ncc1C(N)=O. The van der Waals surface area contributed by atoms with Gasteiger partial charge >= 0.3 is 0 Å². The lowest BCUT2D eigenvalue weighted by Gasteiger charge is -2.24. The first-order valence-corrected chi connectivity index (χ1v) is 8.03. The predicted molar refractivity (Wildman–Crippen MR) is 89.1 cm³/mol. The van der Waals surface area contributed by atoms with Gasteiger partial charge in [0.05, 0.1) is 23.7 Å². The molecular formula is C18H20N4O2. The summed E-state index contributed by atoms with van der Waals surface area (Å²) in [6.07, 6.45) is 3.58. The summed E-state index contributed by atoms with van der Waals surface area (Å²) < 4.78 is 0. The Labute approximate surface area is 140 Å². The van der Waals surface area contributed by atoms with Gasteiger partial charge in [-0.15, -0.1) is 0 Å². The van der Waals surface area contributed by atoms with Crippen LogP contribution in [0.25, 0.3) is 0 Å². The number of nitrogens with two attached hydrogens (primary N) is 1. The molecule has 0 radical (unpaired) electrons. The number of hydrogen-bond acceptors (Lipinski definition) is 4. The van der Waals surface area contributed by atoms with Crippen LogP contribution in [-0.2, 0) is 11.2 Å². The maximum Gasteiger partial charge on any atom is 0.252 e. The number of benzene rings is 1. The molecule has 6 nitrogen and oxygen atoms in total. The third-order valence-corrected chi connectivity index (χ3v) is 4.33. The molecule has 2 heterocycles. The maximum atomic E-state index is 12.7. The molecule has 1 aliphatic rings. The first-order chi connectivity index (χ1) is 11.6. The van der Waals surface area contributed by atoms with Crippen LogP contribution in [0.1, 0.15) is 46.3 Å². The van der Waals surface area contributed by atoms with Gasteiger partial charge in [-0.3, -0.25) is 9.59 Å². The summed E-state index contributed by atoms with van der Waals surface area (Å²) in [6.45, 7) is 2.44. The Balaban J connectivity index is 1.79. The molecular weight excluding hydrogens is 304 g/mol. The minimum Gasteiger partial charge on any atom is -0.365 e. The Hall–Kier alpha value is -2.76. The van der Waals surface area contributed by atoms with Gasteiger partial charge in [0, 0.05) is 12.7 Å². The van der Waals surface area contributed by atoms with Gasteiger partial charge in [0.25, 0.3) is 5.91 Å². The molecule has 0 spiro atoms. The van der Waals surface area contributed by atoms with E-state index in [1.807, 2.05) is 35.2 Å². The molecule has 1 fully saturated rings. The zero-order valence-corrected chi connectivity index (χ0v) is 13.6. The van der Waals surface area contributed by atoms with Crippen molar-refractivity contribution < 1.29 is 9.59 Å². The van der Waals surface area contributed by atoms with Crippen molar-refractivity contribution in [2.24, 2.45) is 5.73 Å². The zero-order valence-electron chi connectivity index (χ0n) is 13.6. The van der Waals surface area contributed by atoms with Crippen LogP contribution >= 0.6 is 0 Å². The summed E-state index contributed by atoms with van der Waals surface area (Å²) in [5, 5.41) is 0. The summed E-state index contributed by atoms with van der Waals surface area (Å²) in [5.74, 6) is 0.114. The normalized spacial score (nSPS) is 17.0. The quantitative estimate of drug-likeness (QED) is 0.928. The summed E-state index contributed by atoms with van der Waals surface area (Å²) >= 11 is 0. The first kappa shape index (κ1) is 16.1. The topological polar surface area (TPSA) is 89.2 Å². The van der Waals surface area contributed by atoms with E-state index >= 15 is 0 Å². The Kier molecular flexibility index (Phi) is 4.55. The molecule has 0 aliphatic carbocycles. The highest BCUT2D eigenvalue weighted by Crippen LogP contribution is 2.30. The van der Waals surface area contributed by atoms with Crippen molar-refractivity contribution >= 4 is 11.8 Å². The van der Waals surface area contributed by atoms with Crippen molar-refractivity contribution in [1.29, 1.82) is 0 Å². The Bertz CT molecular complexity index is 761. The molecule has 1 aromatic carbocycles. The molecule has 0 saturated carbocycles. The molecule has 1 atom stereocenters. The lowest BCUT2D eigenvalue weighted by Crippen LogP contribution is -2.33. The minimum absolute atomic E-state index is 0.0731. The number of aryl methyl sites for hydroxylation is 1. The Morgan fingerprint density at radius 2 is 2.04 bits per heavy atom. The third kappa shape index (κ3) is 3.27. The second kappa shape index (κ2) is 6.78. The summed E-state index contributed by atoms with van der Waals surface area (Å²) in [4.78, 5) is 34.5. The van der Waals surface area contributed by atoms with Crippen LogP contribution in [0.15, 0.2) is 36.5 Å². The molecule has 0 bridgehead atoms. The highest BCUT2D eigenvalue weighted by atomic mass is 16.2. The molecule has 24 heavy (non-hydrogen) atoms. The van der Waals surface area contributed by atoms with Crippen molar-refractivity contribution in [3.63, 3.8) is 0 Å². The van der Waals surface area contributed by atoms with Crippen LogP contribution in [0.5, 0.6) is 0 Å². The molecule has 1 unspecified atom stereocenters. The molecule has 2 aromatic rings.